The molecule has 1 aromatic carbocycles. The number of hydrogen-bond donors (Lipinski definition) is 1. The van der Waals surface area contributed by atoms with Gasteiger partial charge in [-0.25, -0.2) is 0 Å². The van der Waals surface area contributed by atoms with E-state index in [0.717, 1.165) is 29.5 Å². The number of carbonyl (C=O) groups is 1. The first-order chi connectivity index (χ1) is 12.6. The van der Waals surface area contributed by atoms with Crippen LogP contribution in [0.25, 0.3) is 0 Å². The summed E-state index contributed by atoms with van der Waals surface area (Å²) in [7, 11) is 0. The molecule has 3 rings (SSSR count). The zero-order chi connectivity index (χ0) is 18.5. The van der Waals surface area contributed by atoms with Crippen LogP contribution in [-0.4, -0.2) is 26.4 Å². The highest BCUT2D eigenvalue weighted by Crippen LogP contribution is 2.40. The summed E-state index contributed by atoms with van der Waals surface area (Å²) in [5, 5.41) is 12.7. The molecule has 0 radical (unpaired) electrons. The lowest BCUT2D eigenvalue weighted by molar-refractivity contribution is -0.119. The first kappa shape index (κ1) is 19.0. The number of hydrogen-bond acceptors (Lipinski definition) is 4. The second-order valence-corrected chi connectivity index (χ2v) is 8.25. The molecule has 1 fully saturated rings. The average Bonchev–Trinajstić information content (AvgIpc) is 3.39. The lowest BCUT2D eigenvalue weighted by Gasteiger charge is -2.21. The van der Waals surface area contributed by atoms with Crippen molar-refractivity contribution in [2.45, 2.75) is 63.7 Å². The maximum atomic E-state index is 12.5. The van der Waals surface area contributed by atoms with Gasteiger partial charge in [0.25, 0.3) is 0 Å². The monoisotopic (exact) mass is 372 g/mol. The molecular weight excluding hydrogens is 344 g/mol. The third kappa shape index (κ3) is 4.87. The zero-order valence-corrected chi connectivity index (χ0v) is 16.6. The third-order valence-corrected chi connectivity index (χ3v) is 5.55. The van der Waals surface area contributed by atoms with Gasteiger partial charge in [0.15, 0.2) is 5.16 Å². The number of carbonyl (C=O) groups excluding carboxylic acids is 1. The Hall–Kier alpha value is -1.82. The number of thioether (sulfide) groups is 1. The Labute approximate surface area is 160 Å². The molecule has 0 unspecified atom stereocenters. The fraction of sp³-hybridized carbons (Fsp3) is 0.550. The topological polar surface area (TPSA) is 59.8 Å². The molecule has 1 saturated carbocycles. The molecule has 1 atom stereocenters. The first-order valence-corrected chi connectivity index (χ1v) is 10.5. The minimum absolute atomic E-state index is 0.0446. The summed E-state index contributed by atoms with van der Waals surface area (Å²) >= 11 is 1.48. The molecule has 0 saturated heterocycles. The van der Waals surface area contributed by atoms with Crippen molar-refractivity contribution >= 4 is 17.7 Å². The summed E-state index contributed by atoms with van der Waals surface area (Å²) in [6.45, 7) is 7.32. The molecule has 1 amide bonds. The second kappa shape index (κ2) is 8.71. The number of nitrogens with zero attached hydrogens (tertiary/aromatic N) is 3. The molecule has 1 N–H and O–H groups in total. The molecule has 0 spiro atoms. The quantitative estimate of drug-likeness (QED) is 0.671. The van der Waals surface area contributed by atoms with E-state index in [2.05, 4.69) is 53.0 Å². The van der Waals surface area contributed by atoms with Gasteiger partial charge in [-0.2, -0.15) is 0 Å². The molecule has 1 aliphatic rings. The van der Waals surface area contributed by atoms with Crippen LogP contribution in [0.3, 0.4) is 0 Å². The molecule has 2 aromatic rings. The Kier molecular flexibility index (Phi) is 6.35. The van der Waals surface area contributed by atoms with E-state index in [0.29, 0.717) is 17.6 Å². The summed E-state index contributed by atoms with van der Waals surface area (Å²) in [6, 6.07) is 10.3. The molecule has 0 bridgehead atoms. The molecule has 1 heterocycles. The highest BCUT2D eigenvalue weighted by Gasteiger charge is 2.30. The minimum atomic E-state index is 0.0446. The third-order valence-electron chi connectivity index (χ3n) is 4.58. The van der Waals surface area contributed by atoms with Crippen LogP contribution in [0.5, 0.6) is 0 Å². The molecule has 5 nitrogen and oxygen atoms in total. The van der Waals surface area contributed by atoms with Crippen molar-refractivity contribution in [1.29, 1.82) is 0 Å². The Bertz CT molecular complexity index is 725. The average molecular weight is 373 g/mol. The van der Waals surface area contributed by atoms with Gasteiger partial charge in [0.05, 0.1) is 11.8 Å². The predicted octanol–water partition coefficient (Wildman–Crippen LogP) is 4.17. The Balaban J connectivity index is 1.60. The molecule has 140 valence electrons. The Morgan fingerprint density at radius 2 is 2.00 bits per heavy atom. The van der Waals surface area contributed by atoms with E-state index in [1.165, 1.54) is 24.6 Å². The van der Waals surface area contributed by atoms with Gasteiger partial charge in [0.2, 0.25) is 5.91 Å². The number of benzene rings is 1. The van der Waals surface area contributed by atoms with Crippen LogP contribution in [0.1, 0.15) is 63.4 Å². The van der Waals surface area contributed by atoms with E-state index in [1.807, 2.05) is 18.2 Å². The van der Waals surface area contributed by atoms with Gasteiger partial charge in [-0.3, -0.25) is 4.79 Å². The largest absolute Gasteiger partial charge is 0.349 e. The van der Waals surface area contributed by atoms with Crippen LogP contribution in [-0.2, 0) is 11.3 Å². The second-order valence-electron chi connectivity index (χ2n) is 7.31. The van der Waals surface area contributed by atoms with Gasteiger partial charge in [0.1, 0.15) is 5.82 Å². The summed E-state index contributed by atoms with van der Waals surface area (Å²) in [5.41, 5.74) is 1.16. The van der Waals surface area contributed by atoms with Gasteiger partial charge in [-0.15, -0.1) is 10.2 Å². The van der Waals surface area contributed by atoms with Gasteiger partial charge >= 0.3 is 0 Å². The fourth-order valence-electron chi connectivity index (χ4n) is 3.15. The van der Waals surface area contributed by atoms with Crippen LogP contribution in [0, 0.1) is 5.92 Å². The molecule has 6 heteroatoms. The number of aromatic nitrogens is 3. The van der Waals surface area contributed by atoms with E-state index in [-0.39, 0.29) is 11.9 Å². The predicted molar refractivity (Wildman–Crippen MR) is 105 cm³/mol. The van der Waals surface area contributed by atoms with Gasteiger partial charge in [-0.05, 0) is 37.7 Å². The van der Waals surface area contributed by atoms with E-state index < -0.39 is 0 Å². The summed E-state index contributed by atoms with van der Waals surface area (Å²) in [6.07, 6.45) is 3.34. The van der Waals surface area contributed by atoms with Crippen LogP contribution < -0.4 is 5.32 Å². The minimum Gasteiger partial charge on any atom is -0.349 e. The Morgan fingerprint density at radius 1 is 1.27 bits per heavy atom. The SMILES string of the molecule is CCn1c(SCC(=O)N[C@H](CC(C)C)c2ccccc2)nnc1C1CC1. The van der Waals surface area contributed by atoms with Crippen molar-refractivity contribution < 1.29 is 4.79 Å². The fourth-order valence-corrected chi connectivity index (χ4v) is 3.97. The molecule has 1 aromatic heterocycles. The van der Waals surface area contributed by atoms with Gasteiger partial charge < -0.3 is 9.88 Å². The van der Waals surface area contributed by atoms with Crippen molar-refractivity contribution in [2.24, 2.45) is 5.92 Å². The van der Waals surface area contributed by atoms with E-state index in [1.54, 1.807) is 0 Å². The van der Waals surface area contributed by atoms with Crippen molar-refractivity contribution in [2.75, 3.05) is 5.75 Å². The van der Waals surface area contributed by atoms with Gasteiger partial charge in [0, 0.05) is 12.5 Å². The summed E-state index contributed by atoms with van der Waals surface area (Å²) < 4.78 is 2.15. The van der Waals surface area contributed by atoms with E-state index in [4.69, 9.17) is 0 Å². The summed E-state index contributed by atoms with van der Waals surface area (Å²) in [4.78, 5) is 12.5. The van der Waals surface area contributed by atoms with Crippen LogP contribution in [0.15, 0.2) is 35.5 Å². The van der Waals surface area contributed by atoms with Gasteiger partial charge in [-0.1, -0.05) is 55.9 Å². The standard InChI is InChI=1S/C20H28N4OS/c1-4-24-19(16-10-11-16)22-23-20(24)26-13-18(25)21-17(12-14(2)3)15-8-6-5-7-9-15/h5-9,14,16-17H,4,10-13H2,1-3H3,(H,21,25)/t17-/m1/s1. The highest BCUT2D eigenvalue weighted by molar-refractivity contribution is 7.99. The highest BCUT2D eigenvalue weighted by atomic mass is 32.2. The molecular formula is C20H28N4OS. The lowest BCUT2D eigenvalue weighted by atomic mass is 9.97. The van der Waals surface area contributed by atoms with E-state index >= 15 is 0 Å². The van der Waals surface area contributed by atoms with Crippen LogP contribution in [0.2, 0.25) is 0 Å². The van der Waals surface area contributed by atoms with Crippen molar-refractivity contribution in [3.8, 4) is 0 Å². The Morgan fingerprint density at radius 3 is 2.62 bits per heavy atom. The van der Waals surface area contributed by atoms with Crippen LogP contribution >= 0.6 is 11.8 Å². The lowest BCUT2D eigenvalue weighted by Crippen LogP contribution is -2.31. The molecule has 26 heavy (non-hydrogen) atoms. The molecule has 0 aliphatic heterocycles. The normalized spacial score (nSPS) is 15.2. The zero-order valence-electron chi connectivity index (χ0n) is 15.8. The van der Waals surface area contributed by atoms with Crippen LogP contribution in [0.4, 0.5) is 0 Å². The maximum Gasteiger partial charge on any atom is 0.230 e. The van der Waals surface area contributed by atoms with E-state index in [9.17, 15) is 4.79 Å². The molecule has 1 aliphatic carbocycles. The maximum absolute atomic E-state index is 12.5. The number of rotatable bonds is 9. The van der Waals surface area contributed by atoms with Crippen molar-refractivity contribution in [3.63, 3.8) is 0 Å². The summed E-state index contributed by atoms with van der Waals surface area (Å²) in [5.74, 6) is 2.57. The number of amides is 1. The smallest absolute Gasteiger partial charge is 0.230 e. The number of nitrogens with one attached hydrogen (secondary N) is 1. The van der Waals surface area contributed by atoms with Crippen molar-refractivity contribution in [3.05, 3.63) is 41.7 Å². The van der Waals surface area contributed by atoms with Crippen molar-refractivity contribution in [1.82, 2.24) is 20.1 Å². The first-order valence-electron chi connectivity index (χ1n) is 9.48.